The average Bonchev–Trinajstić information content (AvgIpc) is 2.75. The lowest BCUT2D eigenvalue weighted by atomic mass is 10.2. The van der Waals surface area contributed by atoms with Crippen LogP contribution in [0.2, 0.25) is 0 Å². The molecule has 0 radical (unpaired) electrons. The Bertz CT molecular complexity index is 383. The van der Waals surface area contributed by atoms with Crippen molar-refractivity contribution in [2.75, 3.05) is 30.7 Å². The van der Waals surface area contributed by atoms with Crippen LogP contribution in [-0.2, 0) is 0 Å². The van der Waals surface area contributed by atoms with Crippen LogP contribution < -0.4 is 11.1 Å². The number of nitrogen functional groups attached to an aromatic ring is 1. The van der Waals surface area contributed by atoms with Gasteiger partial charge in [-0.05, 0) is 47.9 Å². The Morgan fingerprint density at radius 1 is 1.65 bits per heavy atom. The maximum Gasteiger partial charge on any atom is 0.140 e. The Labute approximate surface area is 111 Å². The Morgan fingerprint density at radius 2 is 2.47 bits per heavy atom. The number of likely N-dealkylation sites (tertiary alicyclic amines) is 1. The fourth-order valence-electron chi connectivity index (χ4n) is 2.34. The van der Waals surface area contributed by atoms with Crippen molar-refractivity contribution in [3.8, 4) is 0 Å². The van der Waals surface area contributed by atoms with Crippen LogP contribution in [0.3, 0.4) is 0 Å². The van der Waals surface area contributed by atoms with Crippen molar-refractivity contribution in [3.63, 3.8) is 0 Å². The molecule has 0 aromatic carbocycles. The summed E-state index contributed by atoms with van der Waals surface area (Å²) in [6.07, 6.45) is 4.25. The Hall–Kier alpha value is -0.810. The Balaban J connectivity index is 1.93. The van der Waals surface area contributed by atoms with E-state index in [0.717, 1.165) is 23.4 Å². The summed E-state index contributed by atoms with van der Waals surface area (Å²) in [4.78, 5) is 6.80. The van der Waals surface area contributed by atoms with E-state index < -0.39 is 0 Å². The standard InChI is InChI=1S/C12H19BrN4/c1-2-17-5-3-4-10(17)8-16-12-11(13)6-9(14)7-15-12/h6-7,10H,2-5,8,14H2,1H3,(H,15,16). The number of hydrogen-bond donors (Lipinski definition) is 2. The molecular weight excluding hydrogens is 280 g/mol. The van der Waals surface area contributed by atoms with E-state index in [-0.39, 0.29) is 0 Å². The maximum atomic E-state index is 5.66. The summed E-state index contributed by atoms with van der Waals surface area (Å²) in [5.41, 5.74) is 6.34. The lowest BCUT2D eigenvalue weighted by Gasteiger charge is -2.23. The van der Waals surface area contributed by atoms with Gasteiger partial charge in [-0.2, -0.15) is 0 Å². The van der Waals surface area contributed by atoms with E-state index in [9.17, 15) is 0 Å². The van der Waals surface area contributed by atoms with Gasteiger partial charge in [-0.15, -0.1) is 0 Å². The molecule has 0 aliphatic carbocycles. The van der Waals surface area contributed by atoms with Crippen molar-refractivity contribution in [2.45, 2.75) is 25.8 Å². The van der Waals surface area contributed by atoms with Crippen molar-refractivity contribution in [2.24, 2.45) is 0 Å². The van der Waals surface area contributed by atoms with Gasteiger partial charge in [0, 0.05) is 12.6 Å². The third-order valence-corrected chi connectivity index (χ3v) is 3.88. The van der Waals surface area contributed by atoms with E-state index in [1.807, 2.05) is 6.07 Å². The molecule has 1 atom stereocenters. The molecule has 0 spiro atoms. The van der Waals surface area contributed by atoms with E-state index in [0.29, 0.717) is 11.7 Å². The number of anilines is 2. The average molecular weight is 299 g/mol. The maximum absolute atomic E-state index is 5.66. The van der Waals surface area contributed by atoms with Crippen molar-refractivity contribution in [3.05, 3.63) is 16.7 Å². The van der Waals surface area contributed by atoms with Crippen molar-refractivity contribution in [1.82, 2.24) is 9.88 Å². The molecule has 1 aliphatic heterocycles. The number of likely N-dealkylation sites (N-methyl/N-ethyl adjacent to an activating group) is 1. The molecule has 17 heavy (non-hydrogen) atoms. The SMILES string of the molecule is CCN1CCCC1CNc1ncc(N)cc1Br. The largest absolute Gasteiger partial charge is 0.397 e. The number of nitrogens with one attached hydrogen (secondary N) is 1. The first kappa shape index (κ1) is 12.6. The fourth-order valence-corrected chi connectivity index (χ4v) is 2.85. The van der Waals surface area contributed by atoms with Crippen LogP contribution in [0.25, 0.3) is 0 Å². The molecular formula is C12H19BrN4. The zero-order valence-corrected chi connectivity index (χ0v) is 11.7. The lowest BCUT2D eigenvalue weighted by Crippen LogP contribution is -2.34. The predicted molar refractivity (Wildman–Crippen MR) is 75.1 cm³/mol. The minimum absolute atomic E-state index is 0.631. The van der Waals surface area contributed by atoms with E-state index in [2.05, 4.69) is 38.1 Å². The van der Waals surface area contributed by atoms with Gasteiger partial charge < -0.3 is 11.1 Å². The smallest absolute Gasteiger partial charge is 0.140 e. The zero-order chi connectivity index (χ0) is 12.3. The number of pyridine rings is 1. The number of halogens is 1. The van der Waals surface area contributed by atoms with Crippen LogP contribution in [-0.4, -0.2) is 35.6 Å². The lowest BCUT2D eigenvalue weighted by molar-refractivity contribution is 0.277. The molecule has 3 N–H and O–H groups in total. The van der Waals surface area contributed by atoms with Gasteiger partial charge in [-0.25, -0.2) is 4.98 Å². The molecule has 2 heterocycles. The minimum Gasteiger partial charge on any atom is -0.397 e. The van der Waals surface area contributed by atoms with Gasteiger partial charge in [0.25, 0.3) is 0 Å². The van der Waals surface area contributed by atoms with Gasteiger partial charge in [0.05, 0.1) is 16.4 Å². The van der Waals surface area contributed by atoms with Gasteiger partial charge >= 0.3 is 0 Å². The quantitative estimate of drug-likeness (QED) is 0.896. The molecule has 0 amide bonds. The number of aromatic nitrogens is 1. The minimum atomic E-state index is 0.631. The molecule has 0 bridgehead atoms. The molecule has 1 aromatic heterocycles. The molecule has 5 heteroatoms. The Morgan fingerprint density at radius 3 is 3.18 bits per heavy atom. The molecule has 94 valence electrons. The highest BCUT2D eigenvalue weighted by atomic mass is 79.9. The highest BCUT2D eigenvalue weighted by molar-refractivity contribution is 9.10. The molecule has 0 saturated carbocycles. The number of nitrogens with two attached hydrogens (primary N) is 1. The predicted octanol–water partition coefficient (Wildman–Crippen LogP) is 2.32. The first-order valence-electron chi connectivity index (χ1n) is 6.09. The third-order valence-electron chi connectivity index (χ3n) is 3.27. The third kappa shape index (κ3) is 3.10. The van der Waals surface area contributed by atoms with Crippen LogP contribution >= 0.6 is 15.9 Å². The van der Waals surface area contributed by atoms with Gasteiger partial charge in [0.15, 0.2) is 0 Å². The first-order chi connectivity index (χ1) is 8.20. The second kappa shape index (κ2) is 5.69. The fraction of sp³-hybridized carbons (Fsp3) is 0.583. The second-order valence-electron chi connectivity index (χ2n) is 4.40. The van der Waals surface area contributed by atoms with Gasteiger partial charge in [-0.1, -0.05) is 6.92 Å². The molecule has 1 aliphatic rings. The van der Waals surface area contributed by atoms with E-state index in [1.54, 1.807) is 6.20 Å². The molecule has 1 aromatic rings. The zero-order valence-electron chi connectivity index (χ0n) is 10.1. The van der Waals surface area contributed by atoms with E-state index >= 15 is 0 Å². The summed E-state index contributed by atoms with van der Waals surface area (Å²) >= 11 is 3.47. The second-order valence-corrected chi connectivity index (χ2v) is 5.26. The summed E-state index contributed by atoms with van der Waals surface area (Å²) in [5, 5.41) is 3.39. The first-order valence-corrected chi connectivity index (χ1v) is 6.89. The summed E-state index contributed by atoms with van der Waals surface area (Å²) in [6, 6.07) is 2.51. The van der Waals surface area contributed by atoms with Crippen molar-refractivity contribution >= 4 is 27.4 Å². The summed E-state index contributed by atoms with van der Waals surface area (Å²) in [5.74, 6) is 0.877. The van der Waals surface area contributed by atoms with Crippen LogP contribution in [0.15, 0.2) is 16.7 Å². The number of rotatable bonds is 4. The summed E-state index contributed by atoms with van der Waals surface area (Å²) in [7, 11) is 0. The highest BCUT2D eigenvalue weighted by Crippen LogP contribution is 2.23. The van der Waals surface area contributed by atoms with E-state index in [1.165, 1.54) is 19.4 Å². The van der Waals surface area contributed by atoms with Gasteiger partial charge in [-0.3, -0.25) is 4.90 Å². The van der Waals surface area contributed by atoms with Crippen molar-refractivity contribution in [1.29, 1.82) is 0 Å². The monoisotopic (exact) mass is 298 g/mol. The van der Waals surface area contributed by atoms with Crippen molar-refractivity contribution < 1.29 is 0 Å². The van der Waals surface area contributed by atoms with Crippen LogP contribution in [0, 0.1) is 0 Å². The molecule has 1 fully saturated rings. The highest BCUT2D eigenvalue weighted by Gasteiger charge is 2.22. The van der Waals surface area contributed by atoms with Crippen LogP contribution in [0.4, 0.5) is 11.5 Å². The summed E-state index contributed by atoms with van der Waals surface area (Å²) in [6.45, 7) is 5.51. The Kier molecular flexibility index (Phi) is 4.23. The van der Waals surface area contributed by atoms with Crippen LogP contribution in [0.5, 0.6) is 0 Å². The number of nitrogens with zero attached hydrogens (tertiary/aromatic N) is 2. The normalized spacial score (nSPS) is 20.7. The van der Waals surface area contributed by atoms with Crippen LogP contribution in [0.1, 0.15) is 19.8 Å². The number of hydrogen-bond acceptors (Lipinski definition) is 4. The van der Waals surface area contributed by atoms with Gasteiger partial charge in [0.1, 0.15) is 5.82 Å². The molecule has 2 rings (SSSR count). The molecule has 4 nitrogen and oxygen atoms in total. The van der Waals surface area contributed by atoms with Gasteiger partial charge in [0.2, 0.25) is 0 Å². The topological polar surface area (TPSA) is 54.2 Å². The molecule has 1 saturated heterocycles. The summed E-state index contributed by atoms with van der Waals surface area (Å²) < 4.78 is 0.929. The molecule has 1 unspecified atom stereocenters. The van der Waals surface area contributed by atoms with E-state index in [4.69, 9.17) is 5.73 Å².